The van der Waals surface area contributed by atoms with Crippen LogP contribution in [-0.4, -0.2) is 53.2 Å². The maximum absolute atomic E-state index is 12.6. The number of nitrogens with one attached hydrogen (secondary N) is 2. The van der Waals surface area contributed by atoms with Crippen molar-refractivity contribution >= 4 is 17.6 Å². The molecule has 2 aromatic rings. The third-order valence-corrected chi connectivity index (χ3v) is 4.27. The van der Waals surface area contributed by atoms with Gasteiger partial charge >= 0.3 is 0 Å². The van der Waals surface area contributed by atoms with Gasteiger partial charge in [-0.2, -0.15) is 5.10 Å². The van der Waals surface area contributed by atoms with E-state index >= 15 is 0 Å². The molecule has 2 heterocycles. The topological polar surface area (TPSA) is 88.5 Å². The Balaban J connectivity index is 1.70. The Hall–Kier alpha value is -2.87. The van der Waals surface area contributed by atoms with E-state index in [9.17, 15) is 9.59 Å². The van der Waals surface area contributed by atoms with Crippen LogP contribution in [0.15, 0.2) is 30.5 Å². The summed E-state index contributed by atoms with van der Waals surface area (Å²) in [5.41, 5.74) is 1.41. The van der Waals surface area contributed by atoms with Crippen molar-refractivity contribution in [2.45, 2.75) is 20.0 Å². The first-order valence-electron chi connectivity index (χ1n) is 8.63. The molecule has 0 saturated carbocycles. The van der Waals surface area contributed by atoms with Crippen molar-refractivity contribution in [2.24, 2.45) is 0 Å². The molecule has 0 fully saturated rings. The molecule has 0 saturated heterocycles. The Morgan fingerprint density at radius 3 is 2.88 bits per heavy atom. The summed E-state index contributed by atoms with van der Waals surface area (Å²) in [5, 5.41) is 9.55. The van der Waals surface area contributed by atoms with Crippen LogP contribution in [0.3, 0.4) is 0 Å². The number of rotatable bonds is 5. The summed E-state index contributed by atoms with van der Waals surface area (Å²) < 4.78 is 7.33. The summed E-state index contributed by atoms with van der Waals surface area (Å²) in [6.45, 7) is 4.48. The molecule has 8 nitrogen and oxygen atoms in total. The van der Waals surface area contributed by atoms with E-state index in [1.165, 1.54) is 6.20 Å². The number of amides is 2. The highest BCUT2D eigenvalue weighted by atomic mass is 16.5. The lowest BCUT2D eigenvalue weighted by atomic mass is 10.2. The summed E-state index contributed by atoms with van der Waals surface area (Å²) in [7, 11) is 1.55. The summed E-state index contributed by atoms with van der Waals surface area (Å²) >= 11 is 0. The quantitative estimate of drug-likeness (QED) is 0.836. The predicted octanol–water partition coefficient (Wildman–Crippen LogP) is 1.10. The van der Waals surface area contributed by atoms with Crippen LogP contribution in [0.5, 0.6) is 5.75 Å². The lowest BCUT2D eigenvalue weighted by Gasteiger charge is -2.19. The molecular weight excluding hydrogens is 334 g/mol. The number of fused-ring (bicyclic) bond motifs is 1. The van der Waals surface area contributed by atoms with Gasteiger partial charge in [-0.3, -0.25) is 14.5 Å². The van der Waals surface area contributed by atoms with Crippen molar-refractivity contribution in [1.82, 2.24) is 20.0 Å². The number of ether oxygens (including phenoxy) is 1. The average Bonchev–Trinajstić information content (AvgIpc) is 2.92. The standard InChI is InChI=1S/C18H23N5O3/c1-3-23-17(14(10-20-23)18(25)19-2)21-16(24)12-22-8-9-26-15-7-5-4-6-13(15)11-22/h4-7,10H,3,8-9,11-12H2,1-2H3,(H,19,25)(H,21,24). The molecule has 1 aromatic heterocycles. The van der Waals surface area contributed by atoms with E-state index < -0.39 is 0 Å². The molecule has 138 valence electrons. The third-order valence-electron chi connectivity index (χ3n) is 4.27. The maximum Gasteiger partial charge on any atom is 0.256 e. The molecule has 0 atom stereocenters. The minimum Gasteiger partial charge on any atom is -0.492 e. The highest BCUT2D eigenvalue weighted by Crippen LogP contribution is 2.22. The van der Waals surface area contributed by atoms with E-state index in [0.717, 1.165) is 11.3 Å². The zero-order chi connectivity index (χ0) is 18.5. The van der Waals surface area contributed by atoms with Crippen LogP contribution in [-0.2, 0) is 17.9 Å². The van der Waals surface area contributed by atoms with Gasteiger partial charge in [0.2, 0.25) is 5.91 Å². The molecule has 0 spiro atoms. The summed E-state index contributed by atoms with van der Waals surface area (Å²) in [5.74, 6) is 0.812. The first-order chi connectivity index (χ1) is 12.6. The van der Waals surface area contributed by atoms with Crippen molar-refractivity contribution in [3.63, 3.8) is 0 Å². The van der Waals surface area contributed by atoms with E-state index in [2.05, 4.69) is 15.7 Å². The van der Waals surface area contributed by atoms with E-state index in [1.54, 1.807) is 11.7 Å². The summed E-state index contributed by atoms with van der Waals surface area (Å²) in [4.78, 5) is 26.6. The Labute approximate surface area is 152 Å². The van der Waals surface area contributed by atoms with Gasteiger partial charge in [0.05, 0.1) is 12.7 Å². The van der Waals surface area contributed by atoms with Crippen LogP contribution < -0.4 is 15.4 Å². The van der Waals surface area contributed by atoms with E-state index in [4.69, 9.17) is 4.74 Å². The van der Waals surface area contributed by atoms with Crippen molar-refractivity contribution in [2.75, 3.05) is 32.1 Å². The van der Waals surface area contributed by atoms with E-state index in [1.807, 2.05) is 36.1 Å². The summed E-state index contributed by atoms with van der Waals surface area (Å²) in [6.07, 6.45) is 1.47. The minimum atomic E-state index is -0.280. The normalized spacial score (nSPS) is 14.1. The smallest absolute Gasteiger partial charge is 0.256 e. The second-order valence-corrected chi connectivity index (χ2v) is 6.02. The number of aromatic nitrogens is 2. The van der Waals surface area contributed by atoms with Gasteiger partial charge < -0.3 is 15.4 Å². The molecule has 1 aliphatic rings. The summed E-state index contributed by atoms with van der Waals surface area (Å²) in [6, 6.07) is 7.84. The highest BCUT2D eigenvalue weighted by molar-refractivity contribution is 6.03. The first kappa shape index (κ1) is 17.9. The lowest BCUT2D eigenvalue weighted by Crippen LogP contribution is -2.35. The fourth-order valence-corrected chi connectivity index (χ4v) is 2.95. The molecule has 0 unspecified atom stereocenters. The third kappa shape index (κ3) is 3.85. The number of anilines is 1. The van der Waals surface area contributed by atoms with Crippen LogP contribution in [0.1, 0.15) is 22.8 Å². The molecule has 1 aliphatic heterocycles. The monoisotopic (exact) mass is 357 g/mol. The highest BCUT2D eigenvalue weighted by Gasteiger charge is 2.21. The van der Waals surface area contributed by atoms with Crippen LogP contribution in [0.25, 0.3) is 0 Å². The molecule has 2 N–H and O–H groups in total. The van der Waals surface area contributed by atoms with Crippen molar-refractivity contribution in [3.8, 4) is 5.75 Å². The van der Waals surface area contributed by atoms with Crippen LogP contribution in [0.4, 0.5) is 5.82 Å². The van der Waals surface area contributed by atoms with Gasteiger partial charge in [-0.15, -0.1) is 0 Å². The number of benzene rings is 1. The van der Waals surface area contributed by atoms with Gasteiger partial charge in [0.1, 0.15) is 23.7 Å². The van der Waals surface area contributed by atoms with E-state index in [0.29, 0.717) is 37.6 Å². The molecule has 26 heavy (non-hydrogen) atoms. The molecule has 0 bridgehead atoms. The molecule has 1 aromatic carbocycles. The van der Waals surface area contributed by atoms with Crippen LogP contribution >= 0.6 is 0 Å². The predicted molar refractivity (Wildman–Crippen MR) is 97.1 cm³/mol. The van der Waals surface area contributed by atoms with Crippen molar-refractivity contribution < 1.29 is 14.3 Å². The first-order valence-corrected chi connectivity index (χ1v) is 8.63. The largest absolute Gasteiger partial charge is 0.492 e. The number of carbonyl (C=O) groups excluding carboxylic acids is 2. The van der Waals surface area contributed by atoms with Crippen molar-refractivity contribution in [1.29, 1.82) is 0 Å². The van der Waals surface area contributed by atoms with E-state index in [-0.39, 0.29) is 18.4 Å². The SMILES string of the molecule is CCn1ncc(C(=O)NC)c1NC(=O)CN1CCOc2ccccc2C1. The van der Waals surface area contributed by atoms with Gasteiger partial charge in [0, 0.05) is 32.2 Å². The molecule has 8 heteroatoms. The second kappa shape index (κ2) is 8.01. The Morgan fingerprint density at radius 2 is 2.12 bits per heavy atom. The number of aryl methyl sites for hydroxylation is 1. The zero-order valence-corrected chi connectivity index (χ0v) is 15.0. The van der Waals surface area contributed by atoms with Crippen molar-refractivity contribution in [3.05, 3.63) is 41.6 Å². The number of hydrogen-bond acceptors (Lipinski definition) is 5. The number of para-hydroxylation sites is 1. The van der Waals surface area contributed by atoms with Crippen LogP contribution in [0, 0.1) is 0 Å². The molecule has 0 aliphatic carbocycles. The lowest BCUT2D eigenvalue weighted by molar-refractivity contribution is -0.117. The average molecular weight is 357 g/mol. The second-order valence-electron chi connectivity index (χ2n) is 6.02. The van der Waals surface area contributed by atoms with Gasteiger partial charge in [-0.1, -0.05) is 18.2 Å². The number of nitrogens with zero attached hydrogens (tertiary/aromatic N) is 3. The molecule has 3 rings (SSSR count). The Morgan fingerprint density at radius 1 is 1.31 bits per heavy atom. The molecule has 2 amide bonds. The van der Waals surface area contributed by atoms with Crippen LogP contribution in [0.2, 0.25) is 0 Å². The molecular formula is C18H23N5O3. The van der Waals surface area contributed by atoms with Gasteiger partial charge in [-0.05, 0) is 13.0 Å². The fourth-order valence-electron chi connectivity index (χ4n) is 2.95. The van der Waals surface area contributed by atoms with Gasteiger partial charge in [-0.25, -0.2) is 4.68 Å². The number of carbonyl (C=O) groups is 2. The van der Waals surface area contributed by atoms with Gasteiger partial charge in [0.25, 0.3) is 5.91 Å². The fraction of sp³-hybridized carbons (Fsp3) is 0.389. The Bertz CT molecular complexity index is 802. The Kier molecular flexibility index (Phi) is 5.52. The van der Waals surface area contributed by atoms with Gasteiger partial charge in [0.15, 0.2) is 0 Å². The minimum absolute atomic E-state index is 0.190. The zero-order valence-electron chi connectivity index (χ0n) is 15.0. The molecule has 0 radical (unpaired) electrons. The number of hydrogen-bond donors (Lipinski definition) is 2. The maximum atomic E-state index is 12.6.